The number of fused-ring (bicyclic) bond motifs is 1. The van der Waals surface area contributed by atoms with Crippen molar-refractivity contribution in [2.24, 2.45) is 7.05 Å². The fourth-order valence-corrected chi connectivity index (χ4v) is 4.17. The van der Waals surface area contributed by atoms with Crippen molar-refractivity contribution in [2.75, 3.05) is 48.4 Å². The lowest BCUT2D eigenvalue weighted by molar-refractivity contribution is 0.410. The second-order valence-corrected chi connectivity index (χ2v) is 7.85. The molecule has 5 rings (SSSR count). The minimum Gasteiger partial charge on any atom is -0.496 e. The third-order valence-corrected chi connectivity index (χ3v) is 5.90. The van der Waals surface area contributed by atoms with Gasteiger partial charge in [-0.2, -0.15) is 15.1 Å². The van der Waals surface area contributed by atoms with Crippen LogP contribution in [0.4, 0.5) is 17.5 Å². The van der Waals surface area contributed by atoms with Gasteiger partial charge in [0.15, 0.2) is 5.65 Å². The van der Waals surface area contributed by atoms with Gasteiger partial charge in [0.2, 0.25) is 5.95 Å². The zero-order valence-electron chi connectivity index (χ0n) is 18.4. The van der Waals surface area contributed by atoms with Crippen molar-refractivity contribution >= 4 is 28.5 Å². The predicted octanol–water partition coefficient (Wildman–Crippen LogP) is 3.31. The number of nitrogens with one attached hydrogen (secondary N) is 1. The number of hydrogen-bond donors (Lipinski definition) is 1. The van der Waals surface area contributed by atoms with E-state index in [0.717, 1.165) is 54.3 Å². The van der Waals surface area contributed by atoms with E-state index in [-0.39, 0.29) is 0 Å². The number of rotatable bonds is 6. The Hall–Kier alpha value is -3.81. The summed E-state index contributed by atoms with van der Waals surface area (Å²) in [6.07, 6.45) is 1.86. The molecule has 2 aromatic heterocycles. The average Bonchev–Trinajstić information content (AvgIpc) is 3.23. The lowest BCUT2D eigenvalue weighted by Gasteiger charge is -2.37. The van der Waals surface area contributed by atoms with Crippen molar-refractivity contribution in [3.8, 4) is 5.75 Å². The molecule has 0 saturated carbocycles. The molecule has 8 heteroatoms. The molecule has 4 aromatic rings. The van der Waals surface area contributed by atoms with Crippen LogP contribution in [0.25, 0.3) is 11.0 Å². The molecule has 1 saturated heterocycles. The maximum absolute atomic E-state index is 5.47. The van der Waals surface area contributed by atoms with Gasteiger partial charge in [-0.05, 0) is 18.2 Å². The number of ether oxygens (including phenoxy) is 1. The summed E-state index contributed by atoms with van der Waals surface area (Å²) < 4.78 is 7.27. The molecule has 1 fully saturated rings. The number of benzene rings is 2. The zero-order chi connectivity index (χ0) is 21.9. The molecule has 32 heavy (non-hydrogen) atoms. The molecule has 0 bridgehead atoms. The minimum atomic E-state index is 0.578. The van der Waals surface area contributed by atoms with E-state index >= 15 is 0 Å². The summed E-state index contributed by atoms with van der Waals surface area (Å²) in [4.78, 5) is 14.4. The van der Waals surface area contributed by atoms with Crippen LogP contribution < -0.4 is 19.9 Å². The standard InChI is InChI=1S/C24H27N7O/c1-29-22-20(17-26-29)23(31-14-12-30(13-15-31)19-9-4-3-5-10-19)28-24(27-22)25-16-18-8-6-7-11-21(18)32-2/h3-11,17H,12-16H2,1-2H3,(H,25,27,28). The molecule has 0 aliphatic carbocycles. The van der Waals surface area contributed by atoms with Gasteiger partial charge in [0, 0.05) is 51.0 Å². The first-order chi connectivity index (χ1) is 15.7. The Bertz CT molecular complexity index is 1200. The van der Waals surface area contributed by atoms with Gasteiger partial charge in [-0.15, -0.1) is 0 Å². The van der Waals surface area contributed by atoms with Crippen LogP contribution in [0.1, 0.15) is 5.56 Å². The van der Waals surface area contributed by atoms with Crippen LogP contribution in [-0.2, 0) is 13.6 Å². The first kappa shape index (κ1) is 20.1. The number of anilines is 3. The van der Waals surface area contributed by atoms with Gasteiger partial charge in [-0.3, -0.25) is 4.68 Å². The van der Waals surface area contributed by atoms with Gasteiger partial charge >= 0.3 is 0 Å². The van der Waals surface area contributed by atoms with Crippen LogP contribution in [0.2, 0.25) is 0 Å². The fraction of sp³-hybridized carbons (Fsp3) is 0.292. The summed E-state index contributed by atoms with van der Waals surface area (Å²) in [7, 11) is 3.60. The van der Waals surface area contributed by atoms with Crippen molar-refractivity contribution in [2.45, 2.75) is 6.54 Å². The second kappa shape index (κ2) is 8.74. The third kappa shape index (κ3) is 3.91. The Morgan fingerprint density at radius 3 is 2.41 bits per heavy atom. The molecule has 1 N–H and O–H groups in total. The molecule has 0 spiro atoms. The number of methoxy groups -OCH3 is 1. The van der Waals surface area contributed by atoms with E-state index in [1.807, 2.05) is 37.5 Å². The van der Waals surface area contributed by atoms with Gasteiger partial charge in [0.05, 0.1) is 18.7 Å². The predicted molar refractivity (Wildman–Crippen MR) is 127 cm³/mol. The van der Waals surface area contributed by atoms with E-state index in [9.17, 15) is 0 Å². The zero-order valence-corrected chi connectivity index (χ0v) is 18.4. The SMILES string of the molecule is COc1ccccc1CNc1nc(N2CCN(c3ccccc3)CC2)c2cnn(C)c2n1. The van der Waals surface area contributed by atoms with Gasteiger partial charge < -0.3 is 19.9 Å². The van der Waals surface area contributed by atoms with E-state index in [2.05, 4.69) is 50.5 Å². The largest absolute Gasteiger partial charge is 0.496 e. The van der Waals surface area contributed by atoms with Crippen molar-refractivity contribution in [3.63, 3.8) is 0 Å². The molecular formula is C24H27N7O. The molecule has 0 radical (unpaired) electrons. The third-order valence-electron chi connectivity index (χ3n) is 5.90. The van der Waals surface area contributed by atoms with E-state index in [1.165, 1.54) is 5.69 Å². The number of hydrogen-bond acceptors (Lipinski definition) is 7. The summed E-state index contributed by atoms with van der Waals surface area (Å²) >= 11 is 0. The summed E-state index contributed by atoms with van der Waals surface area (Å²) in [5, 5.41) is 8.78. The lowest BCUT2D eigenvalue weighted by Crippen LogP contribution is -2.47. The maximum atomic E-state index is 5.47. The van der Waals surface area contributed by atoms with Crippen LogP contribution >= 0.6 is 0 Å². The highest BCUT2D eigenvalue weighted by Crippen LogP contribution is 2.27. The summed E-state index contributed by atoms with van der Waals surface area (Å²) in [5.41, 5.74) is 3.14. The Labute approximate surface area is 187 Å². The number of aryl methyl sites for hydroxylation is 1. The molecule has 2 aromatic carbocycles. The van der Waals surface area contributed by atoms with E-state index in [1.54, 1.807) is 11.8 Å². The summed E-state index contributed by atoms with van der Waals surface area (Å²) in [5.74, 6) is 2.37. The van der Waals surface area contributed by atoms with Crippen LogP contribution in [0.5, 0.6) is 5.75 Å². The van der Waals surface area contributed by atoms with Crippen LogP contribution in [-0.4, -0.2) is 53.0 Å². The van der Waals surface area contributed by atoms with Crippen molar-refractivity contribution in [1.29, 1.82) is 0 Å². The Morgan fingerprint density at radius 1 is 0.906 bits per heavy atom. The van der Waals surface area contributed by atoms with Gasteiger partial charge in [-0.1, -0.05) is 36.4 Å². The smallest absolute Gasteiger partial charge is 0.227 e. The highest BCUT2D eigenvalue weighted by atomic mass is 16.5. The Kier molecular flexibility index (Phi) is 5.49. The summed E-state index contributed by atoms with van der Waals surface area (Å²) in [6.45, 7) is 4.25. The average molecular weight is 430 g/mol. The van der Waals surface area contributed by atoms with Crippen LogP contribution in [0.3, 0.4) is 0 Å². The number of para-hydroxylation sites is 2. The van der Waals surface area contributed by atoms with Crippen molar-refractivity contribution in [1.82, 2.24) is 19.7 Å². The quantitative estimate of drug-likeness (QED) is 0.504. The van der Waals surface area contributed by atoms with Crippen molar-refractivity contribution in [3.05, 3.63) is 66.4 Å². The molecular weight excluding hydrogens is 402 g/mol. The minimum absolute atomic E-state index is 0.578. The first-order valence-corrected chi connectivity index (χ1v) is 10.8. The molecule has 1 aliphatic heterocycles. The highest BCUT2D eigenvalue weighted by molar-refractivity contribution is 5.88. The monoisotopic (exact) mass is 429 g/mol. The molecule has 0 atom stereocenters. The van der Waals surface area contributed by atoms with Gasteiger partial charge in [-0.25, -0.2) is 0 Å². The summed E-state index contributed by atoms with van der Waals surface area (Å²) in [6, 6.07) is 18.5. The molecule has 3 heterocycles. The van der Waals surface area contributed by atoms with E-state index < -0.39 is 0 Å². The lowest BCUT2D eigenvalue weighted by atomic mass is 10.2. The van der Waals surface area contributed by atoms with E-state index in [4.69, 9.17) is 14.7 Å². The second-order valence-electron chi connectivity index (χ2n) is 7.85. The fourth-order valence-electron chi connectivity index (χ4n) is 4.17. The molecule has 1 aliphatic rings. The Morgan fingerprint density at radius 2 is 1.62 bits per heavy atom. The number of nitrogens with zero attached hydrogens (tertiary/aromatic N) is 6. The molecule has 164 valence electrons. The maximum Gasteiger partial charge on any atom is 0.227 e. The van der Waals surface area contributed by atoms with Gasteiger partial charge in [0.25, 0.3) is 0 Å². The first-order valence-electron chi connectivity index (χ1n) is 10.8. The van der Waals surface area contributed by atoms with Crippen LogP contribution in [0.15, 0.2) is 60.8 Å². The molecule has 0 unspecified atom stereocenters. The number of aromatic nitrogens is 4. The molecule has 8 nitrogen and oxygen atoms in total. The number of piperazine rings is 1. The molecule has 0 amide bonds. The van der Waals surface area contributed by atoms with E-state index in [0.29, 0.717) is 12.5 Å². The highest BCUT2D eigenvalue weighted by Gasteiger charge is 2.22. The van der Waals surface area contributed by atoms with Crippen LogP contribution in [0, 0.1) is 0 Å². The normalized spacial score (nSPS) is 14.1. The van der Waals surface area contributed by atoms with Crippen molar-refractivity contribution < 1.29 is 4.74 Å². The topological polar surface area (TPSA) is 71.3 Å². The van der Waals surface area contributed by atoms with Gasteiger partial charge in [0.1, 0.15) is 11.6 Å². The Balaban J connectivity index is 1.38.